The molecule has 2 aromatic rings. The Labute approximate surface area is 134 Å². The number of hydrogen-bond acceptors (Lipinski definition) is 2. The second kappa shape index (κ2) is 7.45. The fourth-order valence-electron chi connectivity index (χ4n) is 1.63. The van der Waals surface area contributed by atoms with E-state index >= 15 is 0 Å². The molecule has 0 fully saturated rings. The van der Waals surface area contributed by atoms with Crippen LogP contribution < -0.4 is 10.1 Å². The zero-order valence-corrected chi connectivity index (χ0v) is 13.8. The van der Waals surface area contributed by atoms with Gasteiger partial charge in [0, 0.05) is 8.95 Å². The van der Waals surface area contributed by atoms with E-state index in [4.69, 9.17) is 4.74 Å². The first-order valence-corrected chi connectivity index (χ1v) is 7.66. The van der Waals surface area contributed by atoms with Crippen LogP contribution in [-0.4, -0.2) is 19.1 Å². The van der Waals surface area contributed by atoms with Gasteiger partial charge in [0.15, 0.2) is 0 Å². The summed E-state index contributed by atoms with van der Waals surface area (Å²) in [5.74, 6) is 0.657. The third-order valence-electron chi connectivity index (χ3n) is 2.57. The molecule has 2 aromatic carbocycles. The minimum absolute atomic E-state index is 0.115. The van der Waals surface area contributed by atoms with Crippen LogP contribution in [0.15, 0.2) is 57.5 Å². The molecule has 0 spiro atoms. The first-order valence-electron chi connectivity index (χ1n) is 6.08. The highest BCUT2D eigenvalue weighted by molar-refractivity contribution is 9.10. The Morgan fingerprint density at radius 1 is 1.10 bits per heavy atom. The molecule has 0 aliphatic heterocycles. The molecule has 0 radical (unpaired) electrons. The van der Waals surface area contributed by atoms with Crippen molar-refractivity contribution < 1.29 is 9.53 Å². The summed E-state index contributed by atoms with van der Waals surface area (Å²) >= 11 is 6.73. The van der Waals surface area contributed by atoms with Gasteiger partial charge in [-0.3, -0.25) is 4.79 Å². The van der Waals surface area contributed by atoms with Crippen LogP contribution in [0.2, 0.25) is 0 Å². The molecule has 0 heterocycles. The van der Waals surface area contributed by atoms with Gasteiger partial charge in [-0.05, 0) is 46.3 Å². The number of rotatable bonds is 5. The van der Waals surface area contributed by atoms with Crippen LogP contribution in [-0.2, 0) is 0 Å². The van der Waals surface area contributed by atoms with Gasteiger partial charge >= 0.3 is 0 Å². The monoisotopic (exact) mass is 397 g/mol. The molecular formula is C15H13Br2NO2. The van der Waals surface area contributed by atoms with E-state index in [1.165, 1.54) is 0 Å². The molecule has 1 N–H and O–H groups in total. The molecule has 1 amide bonds. The Bertz CT molecular complexity index is 602. The van der Waals surface area contributed by atoms with Crippen molar-refractivity contribution in [2.75, 3.05) is 13.2 Å². The lowest BCUT2D eigenvalue weighted by molar-refractivity contribution is 0.0946. The number of nitrogens with one attached hydrogen (secondary N) is 1. The standard InChI is InChI=1S/C15H13Br2NO2/c16-11-4-3-5-12(10-11)20-9-8-18-15(19)13-6-1-2-7-14(13)17/h1-7,10H,8-9H2,(H,18,19). The van der Waals surface area contributed by atoms with Crippen molar-refractivity contribution in [1.29, 1.82) is 0 Å². The Balaban J connectivity index is 1.79. The summed E-state index contributed by atoms with van der Waals surface area (Å²) in [6.45, 7) is 0.874. The lowest BCUT2D eigenvalue weighted by Crippen LogP contribution is -2.28. The summed E-state index contributed by atoms with van der Waals surface area (Å²) in [4.78, 5) is 11.9. The molecule has 2 rings (SSSR count). The lowest BCUT2D eigenvalue weighted by atomic mass is 10.2. The third-order valence-corrected chi connectivity index (χ3v) is 3.76. The van der Waals surface area contributed by atoms with Crippen LogP contribution in [0.3, 0.4) is 0 Å². The van der Waals surface area contributed by atoms with E-state index in [2.05, 4.69) is 37.2 Å². The quantitative estimate of drug-likeness (QED) is 0.772. The summed E-state index contributed by atoms with van der Waals surface area (Å²) in [6, 6.07) is 14.9. The van der Waals surface area contributed by atoms with E-state index in [1.807, 2.05) is 42.5 Å². The molecule has 0 aliphatic carbocycles. The van der Waals surface area contributed by atoms with Gasteiger partial charge in [0.1, 0.15) is 12.4 Å². The van der Waals surface area contributed by atoms with Gasteiger partial charge in [0.25, 0.3) is 5.91 Å². The normalized spacial score (nSPS) is 10.1. The smallest absolute Gasteiger partial charge is 0.252 e. The SMILES string of the molecule is O=C(NCCOc1cccc(Br)c1)c1ccccc1Br. The third kappa shape index (κ3) is 4.35. The van der Waals surface area contributed by atoms with Crippen LogP contribution >= 0.6 is 31.9 Å². The summed E-state index contributed by atoms with van der Waals surface area (Å²) in [7, 11) is 0. The largest absolute Gasteiger partial charge is 0.492 e. The number of ether oxygens (including phenoxy) is 1. The highest BCUT2D eigenvalue weighted by atomic mass is 79.9. The highest BCUT2D eigenvalue weighted by Crippen LogP contribution is 2.17. The number of carbonyl (C=O) groups is 1. The molecular weight excluding hydrogens is 386 g/mol. The van der Waals surface area contributed by atoms with E-state index in [9.17, 15) is 4.79 Å². The van der Waals surface area contributed by atoms with Crippen molar-refractivity contribution in [3.05, 3.63) is 63.0 Å². The molecule has 20 heavy (non-hydrogen) atoms. The zero-order chi connectivity index (χ0) is 14.4. The first-order chi connectivity index (χ1) is 9.66. The van der Waals surface area contributed by atoms with Gasteiger partial charge < -0.3 is 10.1 Å². The minimum Gasteiger partial charge on any atom is -0.492 e. The van der Waals surface area contributed by atoms with Crippen LogP contribution in [0.5, 0.6) is 5.75 Å². The molecule has 104 valence electrons. The van der Waals surface area contributed by atoms with Gasteiger partial charge in [-0.25, -0.2) is 0 Å². The molecule has 0 atom stereocenters. The van der Waals surface area contributed by atoms with Crippen molar-refractivity contribution in [2.24, 2.45) is 0 Å². The fraction of sp³-hybridized carbons (Fsp3) is 0.133. The van der Waals surface area contributed by atoms with Gasteiger partial charge in [-0.15, -0.1) is 0 Å². The van der Waals surface area contributed by atoms with E-state index in [0.29, 0.717) is 18.7 Å². The van der Waals surface area contributed by atoms with Gasteiger partial charge in [0.05, 0.1) is 12.1 Å². The predicted octanol–water partition coefficient (Wildman–Crippen LogP) is 4.02. The maximum atomic E-state index is 11.9. The number of hydrogen-bond donors (Lipinski definition) is 1. The van der Waals surface area contributed by atoms with Crippen LogP contribution in [0, 0.1) is 0 Å². The summed E-state index contributed by atoms with van der Waals surface area (Å²) in [5, 5.41) is 2.82. The number of benzene rings is 2. The fourth-order valence-corrected chi connectivity index (χ4v) is 2.47. The van der Waals surface area contributed by atoms with Crippen molar-refractivity contribution in [3.63, 3.8) is 0 Å². The van der Waals surface area contributed by atoms with Crippen molar-refractivity contribution >= 4 is 37.8 Å². The molecule has 0 unspecified atom stereocenters. The maximum Gasteiger partial charge on any atom is 0.252 e. The summed E-state index contributed by atoms with van der Waals surface area (Å²) < 4.78 is 7.29. The number of carbonyl (C=O) groups excluding carboxylic acids is 1. The van der Waals surface area contributed by atoms with Crippen LogP contribution in [0.25, 0.3) is 0 Å². The number of halogens is 2. The molecule has 5 heteroatoms. The van der Waals surface area contributed by atoms with Crippen molar-refractivity contribution in [2.45, 2.75) is 0 Å². The van der Waals surface area contributed by atoms with Gasteiger partial charge in [0.2, 0.25) is 0 Å². The first kappa shape index (κ1) is 15.1. The molecule has 3 nitrogen and oxygen atoms in total. The average Bonchev–Trinajstić information content (AvgIpc) is 2.44. The van der Waals surface area contributed by atoms with Gasteiger partial charge in [-0.2, -0.15) is 0 Å². The Morgan fingerprint density at radius 2 is 1.90 bits per heavy atom. The van der Waals surface area contributed by atoms with Crippen molar-refractivity contribution in [3.8, 4) is 5.75 Å². The number of amides is 1. The summed E-state index contributed by atoms with van der Waals surface area (Å²) in [5.41, 5.74) is 0.620. The Hall–Kier alpha value is -1.33. The second-order valence-electron chi connectivity index (χ2n) is 4.04. The lowest BCUT2D eigenvalue weighted by Gasteiger charge is -2.08. The zero-order valence-electron chi connectivity index (χ0n) is 10.6. The molecule has 0 saturated carbocycles. The van der Waals surface area contributed by atoms with E-state index in [0.717, 1.165) is 14.7 Å². The Morgan fingerprint density at radius 3 is 2.65 bits per heavy atom. The van der Waals surface area contributed by atoms with E-state index < -0.39 is 0 Å². The minimum atomic E-state index is -0.115. The predicted molar refractivity (Wildman–Crippen MR) is 86.1 cm³/mol. The maximum absolute atomic E-state index is 11.9. The Kier molecular flexibility index (Phi) is 5.61. The second-order valence-corrected chi connectivity index (χ2v) is 5.81. The van der Waals surface area contributed by atoms with Crippen LogP contribution in [0.4, 0.5) is 0 Å². The molecule has 0 aliphatic rings. The van der Waals surface area contributed by atoms with E-state index in [-0.39, 0.29) is 5.91 Å². The topological polar surface area (TPSA) is 38.3 Å². The molecule has 0 aromatic heterocycles. The van der Waals surface area contributed by atoms with Crippen molar-refractivity contribution in [1.82, 2.24) is 5.32 Å². The van der Waals surface area contributed by atoms with Gasteiger partial charge in [-0.1, -0.05) is 34.1 Å². The average molecular weight is 399 g/mol. The summed E-state index contributed by atoms with van der Waals surface area (Å²) in [6.07, 6.45) is 0. The molecule has 0 saturated heterocycles. The van der Waals surface area contributed by atoms with Crippen LogP contribution in [0.1, 0.15) is 10.4 Å². The molecule has 0 bridgehead atoms. The highest BCUT2D eigenvalue weighted by Gasteiger charge is 2.07. The van der Waals surface area contributed by atoms with E-state index in [1.54, 1.807) is 6.07 Å².